The molecule has 2 atom stereocenters. The van der Waals surface area contributed by atoms with Crippen molar-refractivity contribution in [2.75, 3.05) is 13.2 Å². The highest BCUT2D eigenvalue weighted by Crippen LogP contribution is 2.19. The molecule has 0 amide bonds. The highest BCUT2D eigenvalue weighted by atomic mass is 79.9. The highest BCUT2D eigenvalue weighted by Gasteiger charge is 2.18. The molecule has 2 unspecified atom stereocenters. The predicted molar refractivity (Wildman–Crippen MR) is 81.0 cm³/mol. The lowest BCUT2D eigenvalue weighted by Gasteiger charge is -2.25. The Labute approximate surface area is 119 Å². The number of nitrogens with one attached hydrogen (secondary N) is 1. The van der Waals surface area contributed by atoms with Crippen molar-refractivity contribution >= 4 is 15.9 Å². The third kappa shape index (κ3) is 5.09. The van der Waals surface area contributed by atoms with Crippen LogP contribution in [0.4, 0.5) is 0 Å². The van der Waals surface area contributed by atoms with E-state index in [2.05, 4.69) is 53.3 Å². The molecule has 0 heterocycles. The lowest BCUT2D eigenvalue weighted by molar-refractivity contribution is 0.0476. The molecule has 0 fully saturated rings. The van der Waals surface area contributed by atoms with Crippen molar-refractivity contribution in [1.29, 1.82) is 0 Å². The fraction of sp³-hybridized carbons (Fsp3) is 0.600. The van der Waals surface area contributed by atoms with E-state index in [1.165, 1.54) is 10.0 Å². The smallest absolute Gasteiger partial charge is 0.0703 e. The van der Waals surface area contributed by atoms with Crippen molar-refractivity contribution in [3.8, 4) is 0 Å². The van der Waals surface area contributed by atoms with Crippen LogP contribution in [0.2, 0.25) is 0 Å². The van der Waals surface area contributed by atoms with E-state index in [1.807, 2.05) is 13.0 Å². The molecule has 1 rings (SSSR count). The summed E-state index contributed by atoms with van der Waals surface area (Å²) in [4.78, 5) is 0. The van der Waals surface area contributed by atoms with Crippen LogP contribution >= 0.6 is 15.9 Å². The van der Waals surface area contributed by atoms with Gasteiger partial charge in [-0.2, -0.15) is 0 Å². The Morgan fingerprint density at radius 1 is 1.28 bits per heavy atom. The molecule has 0 aliphatic carbocycles. The van der Waals surface area contributed by atoms with E-state index in [1.54, 1.807) is 0 Å². The van der Waals surface area contributed by atoms with Gasteiger partial charge in [-0.15, -0.1) is 0 Å². The Balaban J connectivity index is 2.68. The van der Waals surface area contributed by atoms with Gasteiger partial charge in [0.1, 0.15) is 0 Å². The van der Waals surface area contributed by atoms with E-state index < -0.39 is 0 Å². The minimum atomic E-state index is 0.230. The number of hydrogen-bond acceptors (Lipinski definition) is 2. The molecule has 0 radical (unpaired) electrons. The second-order valence-corrected chi connectivity index (χ2v) is 5.37. The Hall–Kier alpha value is -0.380. The molecule has 0 saturated heterocycles. The summed E-state index contributed by atoms with van der Waals surface area (Å²) < 4.78 is 6.91. The molecule has 0 saturated carbocycles. The van der Waals surface area contributed by atoms with Crippen LogP contribution in [-0.2, 0) is 11.2 Å². The zero-order chi connectivity index (χ0) is 13.4. The van der Waals surface area contributed by atoms with Crippen molar-refractivity contribution in [3.05, 3.63) is 34.3 Å². The lowest BCUT2D eigenvalue weighted by atomic mass is 10.0. The molecule has 102 valence electrons. The van der Waals surface area contributed by atoms with E-state index in [0.717, 1.165) is 26.0 Å². The zero-order valence-electron chi connectivity index (χ0n) is 11.6. The quantitative estimate of drug-likeness (QED) is 0.788. The molecule has 0 aliphatic heterocycles. The van der Waals surface area contributed by atoms with Gasteiger partial charge in [-0.05, 0) is 44.9 Å². The predicted octanol–water partition coefficient (Wildman–Crippen LogP) is 3.78. The molecular formula is C15H24BrNO. The third-order valence-electron chi connectivity index (χ3n) is 3.05. The molecule has 18 heavy (non-hydrogen) atoms. The number of ether oxygens (including phenoxy) is 1. The Bertz CT molecular complexity index is 343. The van der Waals surface area contributed by atoms with Crippen molar-refractivity contribution in [1.82, 2.24) is 5.32 Å². The third-order valence-corrected chi connectivity index (χ3v) is 3.82. The number of benzene rings is 1. The van der Waals surface area contributed by atoms with E-state index in [9.17, 15) is 0 Å². The van der Waals surface area contributed by atoms with Gasteiger partial charge < -0.3 is 10.1 Å². The van der Waals surface area contributed by atoms with Crippen molar-refractivity contribution in [3.63, 3.8) is 0 Å². The first-order valence-corrected chi connectivity index (χ1v) is 7.56. The SMILES string of the molecule is CCCNC(Cc1ccccc1Br)C(C)OCC. The van der Waals surface area contributed by atoms with Crippen LogP contribution < -0.4 is 5.32 Å². The minimum absolute atomic E-state index is 0.230. The van der Waals surface area contributed by atoms with Gasteiger partial charge in [0.05, 0.1) is 6.10 Å². The number of halogens is 1. The van der Waals surface area contributed by atoms with Gasteiger partial charge in [0.2, 0.25) is 0 Å². The van der Waals surface area contributed by atoms with Gasteiger partial charge in [0.25, 0.3) is 0 Å². The highest BCUT2D eigenvalue weighted by molar-refractivity contribution is 9.10. The standard InChI is InChI=1S/C15H24BrNO/c1-4-10-17-15(12(3)18-5-2)11-13-8-6-7-9-14(13)16/h6-9,12,15,17H,4-5,10-11H2,1-3H3. The van der Waals surface area contributed by atoms with Crippen LogP contribution in [-0.4, -0.2) is 25.3 Å². The average molecular weight is 314 g/mol. The van der Waals surface area contributed by atoms with Crippen LogP contribution in [0.1, 0.15) is 32.8 Å². The van der Waals surface area contributed by atoms with Crippen LogP contribution in [0.25, 0.3) is 0 Å². The first-order valence-electron chi connectivity index (χ1n) is 6.77. The number of hydrogen-bond donors (Lipinski definition) is 1. The average Bonchev–Trinajstić information content (AvgIpc) is 2.36. The fourth-order valence-electron chi connectivity index (χ4n) is 2.01. The second kappa shape index (κ2) is 8.68. The molecule has 1 aromatic carbocycles. The Morgan fingerprint density at radius 3 is 2.61 bits per heavy atom. The van der Waals surface area contributed by atoms with Crippen LogP contribution in [0, 0.1) is 0 Å². The summed E-state index contributed by atoms with van der Waals surface area (Å²) in [5.74, 6) is 0. The van der Waals surface area contributed by atoms with E-state index in [4.69, 9.17) is 4.74 Å². The topological polar surface area (TPSA) is 21.3 Å². The molecule has 1 aromatic rings. The maximum absolute atomic E-state index is 5.74. The summed E-state index contributed by atoms with van der Waals surface area (Å²) in [7, 11) is 0. The van der Waals surface area contributed by atoms with Gasteiger partial charge in [-0.3, -0.25) is 0 Å². The molecule has 0 spiro atoms. The zero-order valence-corrected chi connectivity index (χ0v) is 13.2. The molecule has 0 bridgehead atoms. The Morgan fingerprint density at radius 2 is 2.00 bits per heavy atom. The maximum Gasteiger partial charge on any atom is 0.0703 e. The fourth-order valence-corrected chi connectivity index (χ4v) is 2.46. The maximum atomic E-state index is 5.74. The normalized spacial score (nSPS) is 14.4. The van der Waals surface area contributed by atoms with Gasteiger partial charge in [0.15, 0.2) is 0 Å². The van der Waals surface area contributed by atoms with E-state index >= 15 is 0 Å². The summed E-state index contributed by atoms with van der Waals surface area (Å²) in [6.45, 7) is 8.18. The first-order chi connectivity index (χ1) is 8.69. The largest absolute Gasteiger partial charge is 0.377 e. The van der Waals surface area contributed by atoms with Gasteiger partial charge in [0, 0.05) is 17.1 Å². The van der Waals surface area contributed by atoms with Crippen LogP contribution in [0.3, 0.4) is 0 Å². The molecule has 0 aliphatic rings. The lowest BCUT2D eigenvalue weighted by Crippen LogP contribution is -2.42. The van der Waals surface area contributed by atoms with Crippen molar-refractivity contribution < 1.29 is 4.74 Å². The Kier molecular flexibility index (Phi) is 7.56. The summed E-state index contributed by atoms with van der Waals surface area (Å²) in [6, 6.07) is 8.76. The molecule has 3 heteroatoms. The molecular weight excluding hydrogens is 290 g/mol. The summed E-state index contributed by atoms with van der Waals surface area (Å²) in [5.41, 5.74) is 1.33. The first kappa shape index (κ1) is 15.7. The second-order valence-electron chi connectivity index (χ2n) is 4.52. The minimum Gasteiger partial charge on any atom is -0.377 e. The van der Waals surface area contributed by atoms with Crippen molar-refractivity contribution in [2.24, 2.45) is 0 Å². The van der Waals surface area contributed by atoms with Crippen LogP contribution in [0.15, 0.2) is 28.7 Å². The molecule has 1 N–H and O–H groups in total. The summed E-state index contributed by atoms with van der Waals surface area (Å²) >= 11 is 3.61. The molecule has 0 aromatic heterocycles. The van der Waals surface area contributed by atoms with Crippen LogP contribution in [0.5, 0.6) is 0 Å². The van der Waals surface area contributed by atoms with Gasteiger partial charge >= 0.3 is 0 Å². The number of rotatable bonds is 8. The summed E-state index contributed by atoms with van der Waals surface area (Å²) in [5, 5.41) is 3.58. The molecule has 2 nitrogen and oxygen atoms in total. The summed E-state index contributed by atoms with van der Waals surface area (Å²) in [6.07, 6.45) is 2.36. The van der Waals surface area contributed by atoms with E-state index in [0.29, 0.717) is 6.04 Å². The van der Waals surface area contributed by atoms with Gasteiger partial charge in [-0.25, -0.2) is 0 Å². The monoisotopic (exact) mass is 313 g/mol. The van der Waals surface area contributed by atoms with Gasteiger partial charge in [-0.1, -0.05) is 41.1 Å². The van der Waals surface area contributed by atoms with Crippen molar-refractivity contribution in [2.45, 2.75) is 45.8 Å². The van der Waals surface area contributed by atoms with E-state index in [-0.39, 0.29) is 6.10 Å².